The van der Waals surface area contributed by atoms with E-state index in [0.717, 1.165) is 0 Å². The number of rotatable bonds is 4. The van der Waals surface area contributed by atoms with Crippen LogP contribution in [0.4, 0.5) is 4.39 Å². The molecule has 5 nitrogen and oxygen atoms in total. The smallest absolute Gasteiger partial charge is 0.275 e. The van der Waals surface area contributed by atoms with Crippen molar-refractivity contribution in [2.24, 2.45) is 0 Å². The zero-order valence-corrected chi connectivity index (χ0v) is 15.9. The van der Waals surface area contributed by atoms with Gasteiger partial charge in [0.05, 0.1) is 21.7 Å². The van der Waals surface area contributed by atoms with Gasteiger partial charge in [-0.3, -0.25) is 4.57 Å². The molecule has 0 N–H and O–H groups in total. The van der Waals surface area contributed by atoms with Gasteiger partial charge in [-0.05, 0) is 55.4 Å². The Balaban J connectivity index is 1.72. The second-order valence-corrected chi connectivity index (χ2v) is 7.03. The first-order valence-electron chi connectivity index (χ1n) is 8.19. The Kier molecular flexibility index (Phi) is 4.53. The van der Waals surface area contributed by atoms with E-state index < -0.39 is 0 Å². The van der Waals surface area contributed by atoms with Gasteiger partial charge < -0.3 is 9.26 Å². The largest absolute Gasteiger partial charge is 0.489 e. The molecule has 8 heteroatoms. The third-order valence-corrected chi connectivity index (χ3v) is 4.49. The van der Waals surface area contributed by atoms with Gasteiger partial charge in [0.1, 0.15) is 11.6 Å². The highest BCUT2D eigenvalue weighted by molar-refractivity contribution is 6.35. The SMILES string of the molecule is CC(C)Oc1ccc(-c2nc(-n3cc(Cl)c4ccc(F)cc43)no2)cc1Cl. The van der Waals surface area contributed by atoms with Crippen LogP contribution >= 0.6 is 23.2 Å². The molecule has 0 saturated heterocycles. The topological polar surface area (TPSA) is 53.1 Å². The third-order valence-electron chi connectivity index (χ3n) is 3.89. The molecule has 2 aromatic heterocycles. The number of hydrogen-bond donors (Lipinski definition) is 0. The molecule has 27 heavy (non-hydrogen) atoms. The highest BCUT2D eigenvalue weighted by Gasteiger charge is 2.16. The van der Waals surface area contributed by atoms with E-state index in [1.165, 1.54) is 12.1 Å². The maximum absolute atomic E-state index is 13.6. The minimum absolute atomic E-state index is 0.00974. The molecule has 0 aliphatic rings. The van der Waals surface area contributed by atoms with Crippen molar-refractivity contribution in [2.45, 2.75) is 20.0 Å². The van der Waals surface area contributed by atoms with Crippen LogP contribution < -0.4 is 4.74 Å². The van der Waals surface area contributed by atoms with Crippen molar-refractivity contribution in [3.8, 4) is 23.2 Å². The lowest BCUT2D eigenvalue weighted by atomic mass is 10.2. The molecular weight excluding hydrogens is 392 g/mol. The third kappa shape index (κ3) is 3.38. The summed E-state index contributed by atoms with van der Waals surface area (Å²) in [5.74, 6) is 0.715. The Morgan fingerprint density at radius 1 is 1.11 bits per heavy atom. The molecule has 0 saturated carbocycles. The summed E-state index contributed by atoms with van der Waals surface area (Å²) in [6.07, 6.45) is 1.63. The highest BCUT2D eigenvalue weighted by atomic mass is 35.5. The minimum Gasteiger partial charge on any atom is -0.489 e. The van der Waals surface area contributed by atoms with Gasteiger partial charge in [-0.15, -0.1) is 0 Å². The molecule has 4 rings (SSSR count). The first-order valence-corrected chi connectivity index (χ1v) is 8.95. The number of benzene rings is 2. The Morgan fingerprint density at radius 3 is 2.67 bits per heavy atom. The van der Waals surface area contributed by atoms with Gasteiger partial charge in [-0.25, -0.2) is 4.39 Å². The molecule has 0 amide bonds. The molecule has 0 spiro atoms. The van der Waals surface area contributed by atoms with Gasteiger partial charge in [-0.1, -0.05) is 23.2 Å². The fourth-order valence-corrected chi connectivity index (χ4v) is 3.22. The van der Waals surface area contributed by atoms with Gasteiger partial charge >= 0.3 is 0 Å². The number of halogens is 3. The summed E-state index contributed by atoms with van der Waals surface area (Å²) in [6.45, 7) is 3.84. The predicted octanol–water partition coefficient (Wildman–Crippen LogP) is 5.91. The van der Waals surface area contributed by atoms with Gasteiger partial charge in [0, 0.05) is 17.1 Å². The predicted molar refractivity (Wildman–Crippen MR) is 102 cm³/mol. The average molecular weight is 406 g/mol. The van der Waals surface area contributed by atoms with Crippen LogP contribution in [0, 0.1) is 5.82 Å². The van der Waals surface area contributed by atoms with E-state index in [9.17, 15) is 4.39 Å². The van der Waals surface area contributed by atoms with E-state index in [1.54, 1.807) is 35.0 Å². The van der Waals surface area contributed by atoms with Crippen molar-refractivity contribution in [3.63, 3.8) is 0 Å². The maximum atomic E-state index is 13.6. The van der Waals surface area contributed by atoms with Crippen molar-refractivity contribution < 1.29 is 13.7 Å². The van der Waals surface area contributed by atoms with Crippen LogP contribution in [-0.2, 0) is 0 Å². The number of fused-ring (bicyclic) bond motifs is 1. The first kappa shape index (κ1) is 17.8. The van der Waals surface area contributed by atoms with E-state index in [2.05, 4.69) is 10.1 Å². The molecule has 0 aliphatic heterocycles. The summed E-state index contributed by atoms with van der Waals surface area (Å²) in [6, 6.07) is 9.55. The summed E-state index contributed by atoms with van der Waals surface area (Å²) in [5, 5.41) is 5.58. The van der Waals surface area contributed by atoms with Crippen LogP contribution in [0.15, 0.2) is 47.1 Å². The Bertz CT molecular complexity index is 1140. The van der Waals surface area contributed by atoms with E-state index in [4.69, 9.17) is 32.5 Å². The number of aromatic nitrogens is 3. The van der Waals surface area contributed by atoms with Gasteiger partial charge in [0.25, 0.3) is 11.8 Å². The molecule has 2 heterocycles. The van der Waals surface area contributed by atoms with E-state index >= 15 is 0 Å². The van der Waals surface area contributed by atoms with Crippen LogP contribution in [0.3, 0.4) is 0 Å². The highest BCUT2D eigenvalue weighted by Crippen LogP contribution is 2.32. The summed E-state index contributed by atoms with van der Waals surface area (Å²) in [4.78, 5) is 4.38. The molecule has 0 radical (unpaired) electrons. The number of ether oxygens (including phenoxy) is 1. The fraction of sp³-hybridized carbons (Fsp3) is 0.158. The maximum Gasteiger partial charge on any atom is 0.275 e. The first-order chi connectivity index (χ1) is 12.9. The molecule has 2 aromatic carbocycles. The summed E-state index contributed by atoms with van der Waals surface area (Å²) in [5.41, 5.74) is 1.19. The standard InChI is InChI=1S/C19H14Cl2FN3O2/c1-10(2)26-17-6-3-11(7-14(17)20)18-23-19(24-27-18)25-9-15(21)13-5-4-12(22)8-16(13)25/h3-10H,1-2H3. The lowest BCUT2D eigenvalue weighted by molar-refractivity contribution is 0.242. The molecule has 138 valence electrons. The number of nitrogens with zero attached hydrogens (tertiary/aromatic N) is 3. The monoisotopic (exact) mass is 405 g/mol. The van der Waals surface area contributed by atoms with Crippen LogP contribution in [0.5, 0.6) is 5.75 Å². The second kappa shape index (κ2) is 6.87. The van der Waals surface area contributed by atoms with E-state index in [1.807, 2.05) is 13.8 Å². The zero-order valence-electron chi connectivity index (χ0n) is 14.4. The number of hydrogen-bond acceptors (Lipinski definition) is 4. The lowest BCUT2D eigenvalue weighted by Crippen LogP contribution is -2.05. The Labute approximate surface area is 164 Å². The van der Waals surface area contributed by atoms with Crippen LogP contribution in [0.1, 0.15) is 13.8 Å². The van der Waals surface area contributed by atoms with E-state index in [-0.39, 0.29) is 23.8 Å². The van der Waals surface area contributed by atoms with Crippen molar-refractivity contribution >= 4 is 34.1 Å². The normalized spacial score (nSPS) is 11.5. The van der Waals surface area contributed by atoms with E-state index in [0.29, 0.717) is 32.3 Å². The van der Waals surface area contributed by atoms with Crippen molar-refractivity contribution in [1.82, 2.24) is 14.7 Å². The molecule has 0 aliphatic carbocycles. The Hall–Kier alpha value is -2.57. The van der Waals surface area contributed by atoms with Crippen LogP contribution in [0.25, 0.3) is 28.3 Å². The fourth-order valence-electron chi connectivity index (χ4n) is 2.74. The summed E-state index contributed by atoms with van der Waals surface area (Å²) in [7, 11) is 0. The molecule has 4 aromatic rings. The quantitative estimate of drug-likeness (QED) is 0.423. The second-order valence-electron chi connectivity index (χ2n) is 6.22. The summed E-state index contributed by atoms with van der Waals surface area (Å²) < 4.78 is 26.2. The van der Waals surface area contributed by atoms with Crippen LogP contribution in [0.2, 0.25) is 10.0 Å². The molecule has 0 unspecified atom stereocenters. The molecule has 0 fully saturated rings. The van der Waals surface area contributed by atoms with Crippen molar-refractivity contribution in [1.29, 1.82) is 0 Å². The summed E-state index contributed by atoms with van der Waals surface area (Å²) >= 11 is 12.5. The van der Waals surface area contributed by atoms with Gasteiger partial charge in [0.15, 0.2) is 0 Å². The molecule has 0 bridgehead atoms. The zero-order chi connectivity index (χ0) is 19.1. The molecule has 0 atom stereocenters. The van der Waals surface area contributed by atoms with Crippen molar-refractivity contribution in [2.75, 3.05) is 0 Å². The van der Waals surface area contributed by atoms with Gasteiger partial charge in [-0.2, -0.15) is 4.98 Å². The minimum atomic E-state index is -0.380. The average Bonchev–Trinajstić information content (AvgIpc) is 3.21. The Morgan fingerprint density at radius 2 is 1.93 bits per heavy atom. The van der Waals surface area contributed by atoms with Crippen molar-refractivity contribution in [3.05, 3.63) is 58.5 Å². The lowest BCUT2D eigenvalue weighted by Gasteiger charge is -2.11. The van der Waals surface area contributed by atoms with Crippen LogP contribution in [-0.4, -0.2) is 20.8 Å². The van der Waals surface area contributed by atoms with Gasteiger partial charge in [0.2, 0.25) is 0 Å². The molecular formula is C19H14Cl2FN3O2.